The maximum absolute atomic E-state index is 12.6. The molecule has 0 radical (unpaired) electrons. The molecule has 1 aliphatic heterocycles. The highest BCUT2D eigenvalue weighted by atomic mass is 32.1. The second-order valence-corrected chi connectivity index (χ2v) is 10.4. The number of nitrogens with one attached hydrogen (secondary N) is 2. The van der Waals surface area contributed by atoms with Gasteiger partial charge in [-0.15, -0.1) is 11.3 Å². The van der Waals surface area contributed by atoms with Gasteiger partial charge < -0.3 is 20.5 Å². The molecule has 2 aliphatic rings. The molecule has 0 unspecified atom stereocenters. The lowest BCUT2D eigenvalue weighted by molar-refractivity contribution is 0.0975. The van der Waals surface area contributed by atoms with Crippen LogP contribution < -0.4 is 25.8 Å². The Morgan fingerprint density at radius 2 is 1.97 bits per heavy atom. The second kappa shape index (κ2) is 8.12. The van der Waals surface area contributed by atoms with E-state index < -0.39 is 5.91 Å². The third kappa shape index (κ3) is 4.38. The van der Waals surface area contributed by atoms with Crippen LogP contribution >= 0.6 is 23.6 Å². The molecule has 2 heterocycles. The van der Waals surface area contributed by atoms with E-state index >= 15 is 0 Å². The lowest BCUT2D eigenvalue weighted by atomic mass is 9.72. The van der Waals surface area contributed by atoms with Gasteiger partial charge in [0.15, 0.2) is 16.6 Å². The molecule has 0 saturated heterocycles. The summed E-state index contributed by atoms with van der Waals surface area (Å²) in [4.78, 5) is 25.9. The molecule has 0 bridgehead atoms. The largest absolute Gasteiger partial charge is 0.454 e. The van der Waals surface area contributed by atoms with E-state index in [2.05, 4.69) is 31.4 Å². The van der Waals surface area contributed by atoms with Crippen LogP contribution in [0.25, 0.3) is 0 Å². The Hall–Kier alpha value is -2.65. The summed E-state index contributed by atoms with van der Waals surface area (Å²) in [6.45, 7) is 6.86. The summed E-state index contributed by atoms with van der Waals surface area (Å²) < 4.78 is 10.6. The van der Waals surface area contributed by atoms with Crippen LogP contribution in [-0.2, 0) is 12.8 Å². The molecule has 2 aromatic rings. The normalized spacial score (nSPS) is 17.1. The van der Waals surface area contributed by atoms with Crippen molar-refractivity contribution in [2.75, 3.05) is 12.1 Å². The van der Waals surface area contributed by atoms with E-state index in [1.165, 1.54) is 11.3 Å². The van der Waals surface area contributed by atoms with Crippen LogP contribution in [0.4, 0.5) is 5.00 Å². The number of thiophene rings is 1. The highest BCUT2D eigenvalue weighted by Gasteiger charge is 2.33. The maximum atomic E-state index is 12.6. The van der Waals surface area contributed by atoms with E-state index in [1.54, 1.807) is 18.2 Å². The predicted molar refractivity (Wildman–Crippen MR) is 124 cm³/mol. The van der Waals surface area contributed by atoms with Crippen molar-refractivity contribution >= 4 is 45.5 Å². The first-order valence-corrected chi connectivity index (χ1v) is 11.3. The molecule has 1 aliphatic carbocycles. The first kappa shape index (κ1) is 21.6. The molecule has 164 valence electrons. The molecular weight excluding hydrogens is 434 g/mol. The van der Waals surface area contributed by atoms with Crippen LogP contribution in [0.5, 0.6) is 11.5 Å². The lowest BCUT2D eigenvalue weighted by Crippen LogP contribution is -2.34. The molecule has 9 heteroatoms. The highest BCUT2D eigenvalue weighted by Crippen LogP contribution is 2.44. The Labute approximate surface area is 190 Å². The van der Waals surface area contributed by atoms with Crippen molar-refractivity contribution in [1.29, 1.82) is 0 Å². The van der Waals surface area contributed by atoms with E-state index in [-0.39, 0.29) is 23.2 Å². The first-order chi connectivity index (χ1) is 14.6. The first-order valence-electron chi connectivity index (χ1n) is 10.1. The summed E-state index contributed by atoms with van der Waals surface area (Å²) in [7, 11) is 0. The van der Waals surface area contributed by atoms with Crippen molar-refractivity contribution < 1.29 is 19.1 Å². The molecule has 1 aromatic carbocycles. The van der Waals surface area contributed by atoms with Gasteiger partial charge in [0.25, 0.3) is 11.8 Å². The van der Waals surface area contributed by atoms with E-state index in [0.29, 0.717) is 33.5 Å². The summed E-state index contributed by atoms with van der Waals surface area (Å²) in [5.41, 5.74) is 7.76. The number of amides is 2. The second-order valence-electron chi connectivity index (χ2n) is 8.85. The molecule has 0 spiro atoms. The van der Waals surface area contributed by atoms with Gasteiger partial charge in [-0.25, -0.2) is 0 Å². The molecule has 4 rings (SSSR count). The van der Waals surface area contributed by atoms with E-state index in [4.69, 9.17) is 27.4 Å². The Morgan fingerprint density at radius 1 is 1.23 bits per heavy atom. The zero-order valence-electron chi connectivity index (χ0n) is 17.7. The number of hydrogen-bond acceptors (Lipinski definition) is 6. The number of nitrogens with two attached hydrogens (primary N) is 1. The fourth-order valence-corrected chi connectivity index (χ4v) is 5.62. The third-order valence-electron chi connectivity index (χ3n) is 5.83. The summed E-state index contributed by atoms with van der Waals surface area (Å²) in [6, 6.07) is 4.92. The van der Waals surface area contributed by atoms with Gasteiger partial charge in [-0.1, -0.05) is 20.8 Å². The fourth-order valence-electron chi connectivity index (χ4n) is 4.02. The quantitative estimate of drug-likeness (QED) is 0.603. The number of anilines is 1. The van der Waals surface area contributed by atoms with Crippen LogP contribution in [0, 0.1) is 11.3 Å². The summed E-state index contributed by atoms with van der Waals surface area (Å²) in [5.74, 6) is 0.775. The number of carbonyl (C=O) groups is 2. The molecule has 4 N–H and O–H groups in total. The number of benzene rings is 1. The average molecular weight is 460 g/mol. The van der Waals surface area contributed by atoms with Crippen molar-refractivity contribution in [3.63, 3.8) is 0 Å². The zero-order valence-corrected chi connectivity index (χ0v) is 19.3. The van der Waals surface area contributed by atoms with E-state index in [0.717, 1.165) is 29.7 Å². The number of fused-ring (bicyclic) bond motifs is 2. The lowest BCUT2D eigenvalue weighted by Gasteiger charge is -2.33. The van der Waals surface area contributed by atoms with Crippen molar-refractivity contribution in [3.8, 4) is 11.5 Å². The van der Waals surface area contributed by atoms with Crippen molar-refractivity contribution in [2.45, 2.75) is 40.0 Å². The molecule has 7 nitrogen and oxygen atoms in total. The van der Waals surface area contributed by atoms with Crippen LogP contribution in [0.3, 0.4) is 0 Å². The van der Waals surface area contributed by atoms with Gasteiger partial charge in [0.1, 0.15) is 5.00 Å². The summed E-state index contributed by atoms with van der Waals surface area (Å²) in [6.07, 6.45) is 2.73. The minimum atomic E-state index is -0.487. The number of ether oxygens (including phenoxy) is 2. The third-order valence-corrected chi connectivity index (χ3v) is 7.20. The van der Waals surface area contributed by atoms with E-state index in [9.17, 15) is 9.59 Å². The molecular formula is C22H25N3O4S2. The van der Waals surface area contributed by atoms with Crippen LogP contribution in [-0.4, -0.2) is 23.7 Å². The molecule has 1 aromatic heterocycles. The van der Waals surface area contributed by atoms with Gasteiger partial charge in [0, 0.05) is 10.4 Å². The van der Waals surface area contributed by atoms with Crippen molar-refractivity contribution in [3.05, 3.63) is 39.8 Å². The topological polar surface area (TPSA) is 103 Å². The minimum Gasteiger partial charge on any atom is -0.454 e. The Morgan fingerprint density at radius 3 is 2.68 bits per heavy atom. The van der Waals surface area contributed by atoms with Gasteiger partial charge in [0.05, 0.1) is 5.56 Å². The van der Waals surface area contributed by atoms with Crippen molar-refractivity contribution in [2.24, 2.45) is 17.1 Å². The predicted octanol–water partition coefficient (Wildman–Crippen LogP) is 3.85. The Bertz CT molecular complexity index is 1070. The maximum Gasteiger partial charge on any atom is 0.257 e. The monoisotopic (exact) mass is 459 g/mol. The number of hydrogen-bond donors (Lipinski definition) is 3. The number of primary amides is 1. The van der Waals surface area contributed by atoms with Crippen LogP contribution in [0.1, 0.15) is 58.3 Å². The van der Waals surface area contributed by atoms with Crippen LogP contribution in [0.15, 0.2) is 18.2 Å². The number of carbonyl (C=O) groups excluding carboxylic acids is 2. The molecule has 2 amide bonds. The van der Waals surface area contributed by atoms with Crippen LogP contribution in [0.2, 0.25) is 0 Å². The molecule has 1 atom stereocenters. The number of rotatable bonds is 3. The van der Waals surface area contributed by atoms with Gasteiger partial charge in [0.2, 0.25) is 6.79 Å². The van der Waals surface area contributed by atoms with E-state index in [1.807, 2.05) is 0 Å². The standard InChI is InChI=1S/C22H25N3O4S2/c1-22(2,3)12-5-6-13-16(9-12)31-20(17(13)18(23)26)25-21(30)24-19(27)11-4-7-14-15(8-11)29-10-28-14/h4,7-8,12H,5-6,9-10H2,1-3H3,(H2,23,26)(H2,24,25,27,30)/t12-/m0/s1. The van der Waals surface area contributed by atoms with Gasteiger partial charge in [-0.2, -0.15) is 0 Å². The van der Waals surface area contributed by atoms with Gasteiger partial charge >= 0.3 is 0 Å². The highest BCUT2D eigenvalue weighted by molar-refractivity contribution is 7.80. The number of thiocarbonyl (C=S) groups is 1. The Kier molecular flexibility index (Phi) is 5.65. The summed E-state index contributed by atoms with van der Waals surface area (Å²) >= 11 is 6.83. The SMILES string of the molecule is CC(C)(C)[C@H]1CCc2c(sc(NC(=S)NC(=O)c3ccc4c(c3)OCO4)c2C(N)=O)C1. The smallest absolute Gasteiger partial charge is 0.257 e. The van der Waals surface area contributed by atoms with Crippen molar-refractivity contribution in [1.82, 2.24) is 5.32 Å². The van der Waals surface area contributed by atoms with Gasteiger partial charge in [-0.3, -0.25) is 14.9 Å². The summed E-state index contributed by atoms with van der Waals surface area (Å²) in [5, 5.41) is 6.37. The minimum absolute atomic E-state index is 0.108. The average Bonchev–Trinajstić information content (AvgIpc) is 3.29. The molecule has 0 fully saturated rings. The molecule has 31 heavy (non-hydrogen) atoms. The van der Waals surface area contributed by atoms with Gasteiger partial charge in [-0.05, 0) is 66.6 Å². The fraction of sp³-hybridized carbons (Fsp3) is 0.409. The Balaban J connectivity index is 1.50. The zero-order chi connectivity index (χ0) is 22.3. The molecule has 0 saturated carbocycles.